The van der Waals surface area contributed by atoms with Crippen LogP contribution in [-0.4, -0.2) is 40.1 Å². The molecular weight excluding hydrogens is 324 g/mol. The first-order chi connectivity index (χ1) is 12.0. The van der Waals surface area contributed by atoms with Crippen LogP contribution in [0.25, 0.3) is 11.4 Å². The second kappa shape index (κ2) is 8.55. The van der Waals surface area contributed by atoms with Crippen molar-refractivity contribution in [2.24, 2.45) is 0 Å². The van der Waals surface area contributed by atoms with Crippen molar-refractivity contribution in [1.82, 2.24) is 9.55 Å². The van der Waals surface area contributed by atoms with Gasteiger partial charge < -0.3 is 14.6 Å². The number of benzene rings is 1. The maximum Gasteiger partial charge on any atom is 0.342 e. The molecule has 2 aromatic rings. The first-order valence-corrected chi connectivity index (χ1v) is 8.11. The van der Waals surface area contributed by atoms with Crippen LogP contribution in [0.4, 0.5) is 0 Å². The van der Waals surface area contributed by atoms with Crippen molar-refractivity contribution in [3.63, 3.8) is 0 Å². The minimum atomic E-state index is -1.31. The monoisotopic (exact) mass is 346 g/mol. The van der Waals surface area contributed by atoms with Crippen molar-refractivity contribution >= 4 is 5.97 Å². The molecule has 0 spiro atoms. The Kier molecular flexibility index (Phi) is 6.44. The van der Waals surface area contributed by atoms with Crippen LogP contribution in [0.3, 0.4) is 0 Å². The zero-order chi connectivity index (χ0) is 18.4. The Bertz CT molecular complexity index is 794. The Morgan fingerprint density at radius 3 is 2.52 bits per heavy atom. The largest absolute Gasteiger partial charge is 0.477 e. The summed E-state index contributed by atoms with van der Waals surface area (Å²) >= 11 is 0. The maximum atomic E-state index is 12.7. The van der Waals surface area contributed by atoms with E-state index in [9.17, 15) is 14.7 Å². The second-order valence-corrected chi connectivity index (χ2v) is 5.43. The Balaban J connectivity index is 2.57. The Morgan fingerprint density at radius 1 is 1.28 bits per heavy atom. The van der Waals surface area contributed by atoms with Gasteiger partial charge in [0.05, 0.1) is 6.54 Å². The topological polar surface area (TPSA) is 90.7 Å². The lowest BCUT2D eigenvalue weighted by Gasteiger charge is -2.20. The van der Waals surface area contributed by atoms with E-state index in [0.717, 1.165) is 17.3 Å². The van der Waals surface area contributed by atoms with Gasteiger partial charge in [0, 0.05) is 25.0 Å². The van der Waals surface area contributed by atoms with E-state index < -0.39 is 17.8 Å². The minimum Gasteiger partial charge on any atom is -0.477 e. The molecule has 1 N–H and O–H groups in total. The number of carboxylic acids is 1. The number of aromatic nitrogens is 2. The van der Waals surface area contributed by atoms with Crippen molar-refractivity contribution < 1.29 is 19.4 Å². The number of carbonyl (C=O) groups is 1. The normalized spacial score (nSPS) is 11.0. The van der Waals surface area contributed by atoms with E-state index in [1.165, 1.54) is 4.57 Å². The van der Waals surface area contributed by atoms with E-state index in [2.05, 4.69) is 4.98 Å². The molecule has 0 aliphatic heterocycles. The SMILES string of the molecule is CCOC(Cn1c(-c2cccc(C)c2)ncc(C(=O)O)c1=O)OCC. The van der Waals surface area contributed by atoms with Crippen LogP contribution in [0.5, 0.6) is 0 Å². The van der Waals surface area contributed by atoms with Gasteiger partial charge in [0.1, 0.15) is 11.4 Å². The molecular formula is C18H22N2O5. The van der Waals surface area contributed by atoms with Crippen molar-refractivity contribution in [3.8, 4) is 11.4 Å². The van der Waals surface area contributed by atoms with Gasteiger partial charge in [-0.1, -0.05) is 23.8 Å². The van der Waals surface area contributed by atoms with Crippen molar-refractivity contribution in [3.05, 3.63) is 51.9 Å². The third-order valence-electron chi connectivity index (χ3n) is 3.59. The second-order valence-electron chi connectivity index (χ2n) is 5.43. The highest BCUT2D eigenvalue weighted by atomic mass is 16.7. The molecule has 0 saturated heterocycles. The molecule has 0 amide bonds. The van der Waals surface area contributed by atoms with Gasteiger partial charge >= 0.3 is 5.97 Å². The Hall–Kier alpha value is -2.51. The summed E-state index contributed by atoms with van der Waals surface area (Å²) in [4.78, 5) is 28.2. The average Bonchev–Trinajstić information content (AvgIpc) is 2.56. The van der Waals surface area contributed by atoms with E-state index in [1.54, 1.807) is 0 Å². The van der Waals surface area contributed by atoms with Gasteiger partial charge in [-0.3, -0.25) is 9.36 Å². The molecule has 1 aromatic heterocycles. The molecule has 0 atom stereocenters. The van der Waals surface area contributed by atoms with Gasteiger partial charge in [-0.05, 0) is 26.8 Å². The number of aromatic carboxylic acids is 1. The molecule has 0 aliphatic rings. The van der Waals surface area contributed by atoms with Gasteiger partial charge in [0.15, 0.2) is 6.29 Å². The van der Waals surface area contributed by atoms with Crippen molar-refractivity contribution in [2.45, 2.75) is 33.6 Å². The molecule has 25 heavy (non-hydrogen) atoms. The standard InChI is InChI=1S/C18H22N2O5/c1-4-24-15(25-5-2)11-20-16(13-8-6-7-12(3)9-13)19-10-14(17(20)21)18(22)23/h6-10,15H,4-5,11H2,1-3H3,(H,22,23). The summed E-state index contributed by atoms with van der Waals surface area (Å²) in [5, 5.41) is 9.22. The molecule has 134 valence electrons. The van der Waals surface area contributed by atoms with Gasteiger partial charge in [-0.2, -0.15) is 0 Å². The van der Waals surface area contributed by atoms with E-state index in [0.29, 0.717) is 19.0 Å². The quantitative estimate of drug-likeness (QED) is 0.738. The molecule has 0 aliphatic carbocycles. The van der Waals surface area contributed by atoms with Crippen molar-refractivity contribution in [2.75, 3.05) is 13.2 Å². The lowest BCUT2D eigenvalue weighted by Crippen LogP contribution is -2.34. The lowest BCUT2D eigenvalue weighted by molar-refractivity contribution is -0.143. The van der Waals surface area contributed by atoms with Crippen molar-refractivity contribution in [1.29, 1.82) is 0 Å². The summed E-state index contributed by atoms with van der Waals surface area (Å²) in [6, 6.07) is 7.49. The summed E-state index contributed by atoms with van der Waals surface area (Å²) in [6.45, 7) is 6.44. The number of ether oxygens (including phenoxy) is 2. The smallest absolute Gasteiger partial charge is 0.342 e. The van der Waals surface area contributed by atoms with Gasteiger partial charge in [-0.25, -0.2) is 9.78 Å². The maximum absolute atomic E-state index is 12.7. The van der Waals surface area contributed by atoms with Gasteiger partial charge in [0.2, 0.25) is 0 Å². The van der Waals surface area contributed by atoms with Crippen LogP contribution in [0.2, 0.25) is 0 Å². The predicted octanol–water partition coefficient (Wildman–Crippen LogP) is 2.32. The molecule has 7 nitrogen and oxygen atoms in total. The number of carboxylic acid groups (broad SMARTS) is 1. The highest BCUT2D eigenvalue weighted by Gasteiger charge is 2.20. The van der Waals surface area contributed by atoms with E-state index in [1.807, 2.05) is 45.0 Å². The molecule has 0 fully saturated rings. The van der Waals surface area contributed by atoms with Crippen LogP contribution >= 0.6 is 0 Å². The van der Waals surface area contributed by atoms with Crippen LogP contribution in [0.15, 0.2) is 35.3 Å². The predicted molar refractivity (Wildman–Crippen MR) is 92.7 cm³/mol. The summed E-state index contributed by atoms with van der Waals surface area (Å²) in [6.07, 6.45) is 0.428. The fourth-order valence-corrected chi connectivity index (χ4v) is 2.50. The summed E-state index contributed by atoms with van der Waals surface area (Å²) in [5.74, 6) is -0.936. The molecule has 7 heteroatoms. The first kappa shape index (κ1) is 18.8. The fourth-order valence-electron chi connectivity index (χ4n) is 2.50. The van der Waals surface area contributed by atoms with Crippen LogP contribution in [0, 0.1) is 6.92 Å². The Labute approximate surface area is 145 Å². The minimum absolute atomic E-state index is 0.0535. The first-order valence-electron chi connectivity index (χ1n) is 8.11. The third-order valence-corrected chi connectivity index (χ3v) is 3.59. The zero-order valence-corrected chi connectivity index (χ0v) is 14.6. The van der Waals surface area contributed by atoms with Crippen LogP contribution in [-0.2, 0) is 16.0 Å². The summed E-state index contributed by atoms with van der Waals surface area (Å²) in [5.41, 5.74) is 0.708. The molecule has 0 unspecified atom stereocenters. The van der Waals surface area contributed by atoms with Gasteiger partial charge in [-0.15, -0.1) is 0 Å². The number of hydrogen-bond acceptors (Lipinski definition) is 5. The Morgan fingerprint density at radius 2 is 1.96 bits per heavy atom. The van der Waals surface area contributed by atoms with Crippen LogP contribution < -0.4 is 5.56 Å². The van der Waals surface area contributed by atoms with E-state index in [-0.39, 0.29) is 12.1 Å². The number of aryl methyl sites for hydroxylation is 1. The third kappa shape index (κ3) is 4.52. The molecule has 1 aromatic carbocycles. The number of rotatable bonds is 8. The molecule has 1 heterocycles. The van der Waals surface area contributed by atoms with Gasteiger partial charge in [0.25, 0.3) is 5.56 Å². The molecule has 0 bridgehead atoms. The van der Waals surface area contributed by atoms with E-state index >= 15 is 0 Å². The summed E-state index contributed by atoms with van der Waals surface area (Å²) < 4.78 is 12.3. The highest BCUT2D eigenvalue weighted by Crippen LogP contribution is 2.18. The molecule has 0 radical (unpaired) electrons. The number of nitrogens with zero attached hydrogens (tertiary/aromatic N) is 2. The lowest BCUT2D eigenvalue weighted by atomic mass is 10.1. The van der Waals surface area contributed by atoms with E-state index in [4.69, 9.17) is 9.47 Å². The zero-order valence-electron chi connectivity index (χ0n) is 14.6. The number of hydrogen-bond donors (Lipinski definition) is 1. The molecule has 2 rings (SSSR count). The summed E-state index contributed by atoms with van der Waals surface area (Å²) in [7, 11) is 0. The fraction of sp³-hybridized carbons (Fsp3) is 0.389. The van der Waals surface area contributed by atoms with Crippen LogP contribution in [0.1, 0.15) is 29.8 Å². The highest BCUT2D eigenvalue weighted by molar-refractivity contribution is 5.87. The average molecular weight is 346 g/mol. The molecule has 0 saturated carbocycles.